The summed E-state index contributed by atoms with van der Waals surface area (Å²) in [4.78, 5) is 15.6. The fraction of sp³-hybridized carbons (Fsp3) is 0.286. The molecule has 1 aliphatic heterocycles. The van der Waals surface area contributed by atoms with Crippen LogP contribution >= 0.6 is 0 Å². The molecule has 0 atom stereocenters. The number of fused-ring (bicyclic) bond motifs is 1. The summed E-state index contributed by atoms with van der Waals surface area (Å²) in [5, 5.41) is 3.31. The Morgan fingerprint density at radius 3 is 2.78 bits per heavy atom. The number of nitrogens with zero attached hydrogens (tertiary/aromatic N) is 4. The minimum Gasteiger partial charge on any atom is -0.365 e. The summed E-state index contributed by atoms with van der Waals surface area (Å²) in [7, 11) is 0. The van der Waals surface area contributed by atoms with Gasteiger partial charge in [0.25, 0.3) is 0 Å². The van der Waals surface area contributed by atoms with Crippen LogP contribution in [0, 0.1) is 19.7 Å². The number of rotatable bonds is 4. The average Bonchev–Trinajstić information content (AvgIpc) is 2.68. The second-order valence-corrected chi connectivity index (χ2v) is 6.90. The lowest BCUT2D eigenvalue weighted by Gasteiger charge is -2.30. The standard InChI is InChI=1S/C21H22FN5/c1-14-6-7-20(23-10-14)27-9-8-19-17(12-27)21(26-13-25-19)24-11-16-15(2)4-3-5-18(16)22/h3-7,10,13H,8-9,11-12H2,1-2H3,(H,24,25,26). The van der Waals surface area contributed by atoms with Gasteiger partial charge in [-0.2, -0.15) is 0 Å². The Morgan fingerprint density at radius 1 is 1.11 bits per heavy atom. The molecule has 0 fully saturated rings. The lowest BCUT2D eigenvalue weighted by Crippen LogP contribution is -2.32. The molecule has 0 saturated carbocycles. The largest absolute Gasteiger partial charge is 0.365 e. The Bertz CT molecular complexity index is 935. The monoisotopic (exact) mass is 363 g/mol. The van der Waals surface area contributed by atoms with E-state index in [0.29, 0.717) is 18.7 Å². The Kier molecular flexibility index (Phi) is 4.71. The van der Waals surface area contributed by atoms with Crippen LogP contribution in [0.4, 0.5) is 16.0 Å². The van der Waals surface area contributed by atoms with Gasteiger partial charge < -0.3 is 10.2 Å². The van der Waals surface area contributed by atoms with E-state index >= 15 is 0 Å². The molecule has 138 valence electrons. The highest BCUT2D eigenvalue weighted by Gasteiger charge is 2.22. The smallest absolute Gasteiger partial charge is 0.134 e. The number of nitrogens with one attached hydrogen (secondary N) is 1. The van der Waals surface area contributed by atoms with Crippen molar-refractivity contribution < 1.29 is 4.39 Å². The third-order valence-corrected chi connectivity index (χ3v) is 5.01. The van der Waals surface area contributed by atoms with Crippen molar-refractivity contribution in [3.05, 3.63) is 76.6 Å². The van der Waals surface area contributed by atoms with Crippen LogP contribution in [0.2, 0.25) is 0 Å². The molecule has 0 radical (unpaired) electrons. The number of pyridine rings is 1. The number of hydrogen-bond donors (Lipinski definition) is 1. The molecule has 0 aliphatic carbocycles. The van der Waals surface area contributed by atoms with Crippen molar-refractivity contribution in [2.24, 2.45) is 0 Å². The fourth-order valence-corrected chi connectivity index (χ4v) is 3.40. The van der Waals surface area contributed by atoms with Crippen molar-refractivity contribution in [3.8, 4) is 0 Å². The zero-order valence-electron chi connectivity index (χ0n) is 15.5. The van der Waals surface area contributed by atoms with Crippen molar-refractivity contribution in [2.45, 2.75) is 33.4 Å². The number of anilines is 2. The number of benzene rings is 1. The Balaban J connectivity index is 1.57. The van der Waals surface area contributed by atoms with E-state index in [2.05, 4.69) is 31.2 Å². The SMILES string of the molecule is Cc1ccc(N2CCc3ncnc(NCc4c(C)cccc4F)c3C2)nc1. The summed E-state index contributed by atoms with van der Waals surface area (Å²) in [5.74, 6) is 1.52. The molecule has 27 heavy (non-hydrogen) atoms. The Labute approximate surface area is 158 Å². The molecule has 0 spiro atoms. The van der Waals surface area contributed by atoms with Crippen LogP contribution in [0.1, 0.15) is 27.9 Å². The van der Waals surface area contributed by atoms with Gasteiger partial charge in [0.05, 0.1) is 5.69 Å². The van der Waals surface area contributed by atoms with Crippen LogP contribution in [-0.2, 0) is 19.5 Å². The maximum Gasteiger partial charge on any atom is 0.134 e. The van der Waals surface area contributed by atoms with Crippen molar-refractivity contribution in [1.29, 1.82) is 0 Å². The highest BCUT2D eigenvalue weighted by atomic mass is 19.1. The minimum atomic E-state index is -0.198. The summed E-state index contributed by atoms with van der Waals surface area (Å²) >= 11 is 0. The van der Waals surface area contributed by atoms with Gasteiger partial charge in [0.1, 0.15) is 23.8 Å². The molecule has 1 N–H and O–H groups in total. The first-order valence-electron chi connectivity index (χ1n) is 9.10. The molecule has 2 aromatic heterocycles. The van der Waals surface area contributed by atoms with Crippen LogP contribution in [-0.4, -0.2) is 21.5 Å². The van der Waals surface area contributed by atoms with E-state index in [1.165, 1.54) is 6.07 Å². The van der Waals surface area contributed by atoms with E-state index in [1.807, 2.05) is 32.2 Å². The van der Waals surface area contributed by atoms with Crippen molar-refractivity contribution >= 4 is 11.6 Å². The van der Waals surface area contributed by atoms with Crippen molar-refractivity contribution in [2.75, 3.05) is 16.8 Å². The van der Waals surface area contributed by atoms with E-state index in [4.69, 9.17) is 0 Å². The maximum absolute atomic E-state index is 14.1. The summed E-state index contributed by atoms with van der Waals surface area (Å²) in [6.07, 6.45) is 4.29. The van der Waals surface area contributed by atoms with Gasteiger partial charge in [-0.3, -0.25) is 0 Å². The minimum absolute atomic E-state index is 0.198. The van der Waals surface area contributed by atoms with Crippen LogP contribution < -0.4 is 10.2 Å². The highest BCUT2D eigenvalue weighted by Crippen LogP contribution is 2.26. The molecule has 4 rings (SSSR count). The first-order chi connectivity index (χ1) is 13.1. The van der Waals surface area contributed by atoms with Crippen LogP contribution in [0.25, 0.3) is 0 Å². The number of halogens is 1. The third-order valence-electron chi connectivity index (χ3n) is 5.01. The van der Waals surface area contributed by atoms with E-state index in [-0.39, 0.29) is 5.82 Å². The van der Waals surface area contributed by atoms with Crippen molar-refractivity contribution in [1.82, 2.24) is 15.0 Å². The molecular weight excluding hydrogens is 341 g/mol. The Hall–Kier alpha value is -3.02. The molecule has 0 amide bonds. The maximum atomic E-state index is 14.1. The summed E-state index contributed by atoms with van der Waals surface area (Å²) in [5.41, 5.74) is 4.83. The van der Waals surface area contributed by atoms with E-state index in [9.17, 15) is 4.39 Å². The molecule has 0 unspecified atom stereocenters. The molecule has 3 aromatic rings. The normalized spacial score (nSPS) is 13.4. The topological polar surface area (TPSA) is 53.9 Å². The molecule has 5 nitrogen and oxygen atoms in total. The predicted octanol–water partition coefficient (Wildman–Crippen LogP) is 3.80. The van der Waals surface area contributed by atoms with E-state index in [0.717, 1.165) is 47.0 Å². The molecule has 1 aliphatic rings. The number of aromatic nitrogens is 3. The lowest BCUT2D eigenvalue weighted by molar-refractivity contribution is 0.610. The Morgan fingerprint density at radius 2 is 2.00 bits per heavy atom. The first kappa shape index (κ1) is 17.4. The molecular formula is C21H22FN5. The molecule has 6 heteroatoms. The highest BCUT2D eigenvalue weighted by molar-refractivity contribution is 5.52. The number of aryl methyl sites for hydroxylation is 2. The van der Waals surface area contributed by atoms with Gasteiger partial charge in [-0.1, -0.05) is 18.2 Å². The third kappa shape index (κ3) is 3.60. The molecule has 0 saturated heterocycles. The predicted molar refractivity (Wildman–Crippen MR) is 104 cm³/mol. The van der Waals surface area contributed by atoms with Gasteiger partial charge in [-0.25, -0.2) is 19.3 Å². The number of hydrogen-bond acceptors (Lipinski definition) is 5. The molecule has 3 heterocycles. The fourth-order valence-electron chi connectivity index (χ4n) is 3.40. The van der Waals surface area contributed by atoms with Gasteiger partial charge in [0.15, 0.2) is 0 Å². The van der Waals surface area contributed by atoms with Crippen LogP contribution in [0.3, 0.4) is 0 Å². The van der Waals surface area contributed by atoms with E-state index in [1.54, 1.807) is 12.4 Å². The second kappa shape index (κ2) is 7.31. The van der Waals surface area contributed by atoms with Gasteiger partial charge in [0.2, 0.25) is 0 Å². The average molecular weight is 363 g/mol. The second-order valence-electron chi connectivity index (χ2n) is 6.90. The van der Waals surface area contributed by atoms with E-state index < -0.39 is 0 Å². The van der Waals surface area contributed by atoms with Gasteiger partial charge >= 0.3 is 0 Å². The summed E-state index contributed by atoms with van der Waals surface area (Å²) in [6, 6.07) is 9.25. The molecule has 0 bridgehead atoms. The molecule has 1 aromatic carbocycles. The summed E-state index contributed by atoms with van der Waals surface area (Å²) in [6.45, 7) is 5.89. The lowest BCUT2D eigenvalue weighted by atomic mass is 10.1. The quantitative estimate of drug-likeness (QED) is 0.764. The zero-order chi connectivity index (χ0) is 18.8. The van der Waals surface area contributed by atoms with Gasteiger partial charge in [-0.15, -0.1) is 0 Å². The van der Waals surface area contributed by atoms with Crippen molar-refractivity contribution in [3.63, 3.8) is 0 Å². The summed E-state index contributed by atoms with van der Waals surface area (Å²) < 4.78 is 14.1. The van der Waals surface area contributed by atoms with Crippen LogP contribution in [0.15, 0.2) is 42.9 Å². The zero-order valence-corrected chi connectivity index (χ0v) is 15.5. The first-order valence-corrected chi connectivity index (χ1v) is 9.10. The van der Waals surface area contributed by atoms with Gasteiger partial charge in [0, 0.05) is 43.4 Å². The van der Waals surface area contributed by atoms with Gasteiger partial charge in [-0.05, 0) is 37.1 Å². The van der Waals surface area contributed by atoms with Crippen LogP contribution in [0.5, 0.6) is 0 Å².